The second-order valence-electron chi connectivity index (χ2n) is 9.06. The molecular weight excluding hydrogens is 452 g/mol. The number of hydrogen-bond donors (Lipinski definition) is 0. The predicted octanol–water partition coefficient (Wildman–Crippen LogP) is 7.04. The van der Waals surface area contributed by atoms with Crippen LogP contribution < -0.4 is 0 Å². The maximum Gasteiger partial charge on any atom is 0.279 e. The first kappa shape index (κ1) is 23.3. The van der Waals surface area contributed by atoms with E-state index in [1.807, 2.05) is 42.5 Å². The summed E-state index contributed by atoms with van der Waals surface area (Å²) in [5.41, 5.74) is 4.70. The summed E-state index contributed by atoms with van der Waals surface area (Å²) in [6, 6.07) is 29.8. The van der Waals surface area contributed by atoms with Gasteiger partial charge in [0.15, 0.2) is 0 Å². The number of nitrogens with zero attached hydrogens (tertiary/aromatic N) is 2. The summed E-state index contributed by atoms with van der Waals surface area (Å²) >= 11 is 0. The number of hydrogen-bond acceptors (Lipinski definition) is 3. The first-order valence-electron chi connectivity index (χ1n) is 12.3. The minimum absolute atomic E-state index is 0.287. The van der Waals surface area contributed by atoms with E-state index in [1.165, 1.54) is 22.8 Å². The van der Waals surface area contributed by atoms with Gasteiger partial charge in [0.2, 0.25) is 0 Å². The molecule has 0 atom stereocenters. The van der Waals surface area contributed by atoms with Crippen LogP contribution in [0.25, 0.3) is 21.9 Å². The highest BCUT2D eigenvalue weighted by molar-refractivity contribution is 7.89. The molecule has 0 amide bonds. The van der Waals surface area contributed by atoms with Crippen molar-refractivity contribution in [1.82, 2.24) is 4.41 Å². The van der Waals surface area contributed by atoms with Gasteiger partial charge in [0, 0.05) is 5.56 Å². The molecule has 0 bridgehead atoms. The molecular formula is C30H30N2O2S. The SMILES string of the molecule is CCCCc1ccc(C2=NN(S(=O)(=O)c3ccccc3-c3ccc4ccccc4c3)CCC2)cc1. The summed E-state index contributed by atoms with van der Waals surface area (Å²) in [4.78, 5) is 0.287. The number of unbranched alkanes of at least 4 members (excludes halogenated alkanes) is 1. The summed E-state index contributed by atoms with van der Waals surface area (Å²) < 4.78 is 28.9. The lowest BCUT2D eigenvalue weighted by Gasteiger charge is -2.26. The van der Waals surface area contributed by atoms with Gasteiger partial charge >= 0.3 is 0 Å². The maximum absolute atomic E-state index is 13.8. The van der Waals surface area contributed by atoms with E-state index in [2.05, 4.69) is 48.4 Å². The van der Waals surface area contributed by atoms with Gasteiger partial charge in [0.05, 0.1) is 17.2 Å². The maximum atomic E-state index is 13.8. The third-order valence-corrected chi connectivity index (χ3v) is 8.34. The van der Waals surface area contributed by atoms with Crippen LogP contribution in [0, 0.1) is 0 Å². The molecule has 0 fully saturated rings. The Balaban J connectivity index is 1.48. The zero-order chi connectivity index (χ0) is 24.3. The van der Waals surface area contributed by atoms with Gasteiger partial charge in [-0.2, -0.15) is 17.9 Å². The van der Waals surface area contributed by atoms with E-state index in [1.54, 1.807) is 12.1 Å². The Morgan fingerprint density at radius 3 is 2.34 bits per heavy atom. The van der Waals surface area contributed by atoms with Crippen molar-refractivity contribution in [3.63, 3.8) is 0 Å². The van der Waals surface area contributed by atoms with Crippen molar-refractivity contribution in [2.75, 3.05) is 6.54 Å². The Morgan fingerprint density at radius 2 is 1.54 bits per heavy atom. The fourth-order valence-corrected chi connectivity index (χ4v) is 6.15. The molecule has 5 rings (SSSR count). The molecule has 0 N–H and O–H groups in total. The van der Waals surface area contributed by atoms with Gasteiger partial charge < -0.3 is 0 Å². The molecule has 4 aromatic rings. The van der Waals surface area contributed by atoms with Crippen LogP contribution >= 0.6 is 0 Å². The average Bonchev–Trinajstić information content (AvgIpc) is 2.92. The van der Waals surface area contributed by atoms with Gasteiger partial charge in [-0.05, 0) is 65.3 Å². The Labute approximate surface area is 208 Å². The van der Waals surface area contributed by atoms with Crippen LogP contribution in [-0.2, 0) is 16.4 Å². The Morgan fingerprint density at radius 1 is 0.829 bits per heavy atom. The quantitative estimate of drug-likeness (QED) is 0.284. The fraction of sp³-hybridized carbons (Fsp3) is 0.233. The summed E-state index contributed by atoms with van der Waals surface area (Å²) in [6.07, 6.45) is 4.92. The number of hydrazone groups is 1. The van der Waals surface area contributed by atoms with Crippen molar-refractivity contribution >= 4 is 26.5 Å². The zero-order valence-electron chi connectivity index (χ0n) is 20.0. The third-order valence-electron chi connectivity index (χ3n) is 6.60. The van der Waals surface area contributed by atoms with Gasteiger partial charge in [0.25, 0.3) is 10.0 Å². The predicted molar refractivity (Wildman–Crippen MR) is 144 cm³/mol. The Hall–Kier alpha value is -3.44. The highest BCUT2D eigenvalue weighted by Gasteiger charge is 2.29. The molecule has 0 aliphatic carbocycles. The van der Waals surface area contributed by atoms with Crippen molar-refractivity contribution in [3.05, 3.63) is 102 Å². The molecule has 35 heavy (non-hydrogen) atoms. The first-order valence-corrected chi connectivity index (χ1v) is 13.8. The van der Waals surface area contributed by atoms with E-state index >= 15 is 0 Å². The largest absolute Gasteiger partial charge is 0.279 e. The van der Waals surface area contributed by atoms with Crippen LogP contribution in [0.4, 0.5) is 0 Å². The van der Waals surface area contributed by atoms with Gasteiger partial charge in [0.1, 0.15) is 0 Å². The van der Waals surface area contributed by atoms with E-state index in [-0.39, 0.29) is 4.90 Å². The van der Waals surface area contributed by atoms with Crippen molar-refractivity contribution < 1.29 is 8.42 Å². The summed E-state index contributed by atoms with van der Waals surface area (Å²) in [6.45, 7) is 2.57. The van der Waals surface area contributed by atoms with Crippen molar-refractivity contribution in [2.45, 2.75) is 43.9 Å². The fourth-order valence-electron chi connectivity index (χ4n) is 4.64. The average molecular weight is 483 g/mol. The summed E-state index contributed by atoms with van der Waals surface area (Å²) in [7, 11) is -3.81. The lowest BCUT2D eigenvalue weighted by molar-refractivity contribution is 0.410. The lowest BCUT2D eigenvalue weighted by atomic mass is 10.0. The molecule has 0 saturated carbocycles. The molecule has 0 saturated heterocycles. The first-order chi connectivity index (χ1) is 17.1. The highest BCUT2D eigenvalue weighted by atomic mass is 32.2. The molecule has 1 heterocycles. The molecule has 4 nitrogen and oxygen atoms in total. The van der Waals surface area contributed by atoms with Gasteiger partial charge in [-0.3, -0.25) is 0 Å². The Kier molecular flexibility index (Phi) is 6.69. The van der Waals surface area contributed by atoms with E-state index in [9.17, 15) is 8.42 Å². The number of rotatable bonds is 7. The smallest absolute Gasteiger partial charge is 0.200 e. The molecule has 5 heteroatoms. The summed E-state index contributed by atoms with van der Waals surface area (Å²) in [5.74, 6) is 0. The molecule has 0 aromatic heterocycles. The molecule has 0 spiro atoms. The molecule has 4 aromatic carbocycles. The normalized spacial score (nSPS) is 14.2. The van der Waals surface area contributed by atoms with E-state index in [0.29, 0.717) is 12.1 Å². The van der Waals surface area contributed by atoms with Crippen LogP contribution in [0.1, 0.15) is 43.7 Å². The minimum atomic E-state index is -3.81. The molecule has 0 unspecified atom stereocenters. The number of fused-ring (bicyclic) bond motifs is 1. The minimum Gasteiger partial charge on any atom is -0.200 e. The number of sulfonamides is 1. The zero-order valence-corrected chi connectivity index (χ0v) is 20.8. The van der Waals surface area contributed by atoms with Crippen molar-refractivity contribution in [1.29, 1.82) is 0 Å². The van der Waals surface area contributed by atoms with Crippen LogP contribution in [0.3, 0.4) is 0 Å². The van der Waals surface area contributed by atoms with E-state index < -0.39 is 10.0 Å². The van der Waals surface area contributed by atoms with Crippen LogP contribution in [-0.4, -0.2) is 25.1 Å². The molecule has 1 aliphatic heterocycles. The highest BCUT2D eigenvalue weighted by Crippen LogP contribution is 2.32. The van der Waals surface area contributed by atoms with Crippen molar-refractivity contribution in [3.8, 4) is 11.1 Å². The molecule has 178 valence electrons. The van der Waals surface area contributed by atoms with Crippen LogP contribution in [0.5, 0.6) is 0 Å². The second-order valence-corrected chi connectivity index (χ2v) is 10.9. The van der Waals surface area contributed by atoms with Gasteiger partial charge in [-0.25, -0.2) is 0 Å². The molecule has 1 aliphatic rings. The van der Waals surface area contributed by atoms with Gasteiger partial charge in [-0.1, -0.05) is 92.2 Å². The number of benzene rings is 4. The van der Waals surface area contributed by atoms with E-state index in [0.717, 1.165) is 46.9 Å². The van der Waals surface area contributed by atoms with Crippen LogP contribution in [0.2, 0.25) is 0 Å². The summed E-state index contributed by atoms with van der Waals surface area (Å²) in [5, 5.41) is 6.85. The number of aryl methyl sites for hydroxylation is 1. The van der Waals surface area contributed by atoms with E-state index in [4.69, 9.17) is 0 Å². The lowest BCUT2D eigenvalue weighted by Crippen LogP contribution is -2.32. The topological polar surface area (TPSA) is 49.7 Å². The third kappa shape index (κ3) is 4.87. The van der Waals surface area contributed by atoms with Crippen LogP contribution in [0.15, 0.2) is 101 Å². The Bertz CT molecular complexity index is 1470. The standard InChI is InChI=1S/C30H30N2O2S/c1-2-3-9-23-15-17-25(18-16-23)29-13-8-21-32(31-29)35(33,34)30-14-7-6-12-28(30)27-20-19-24-10-4-5-11-26(24)22-27/h4-7,10-12,14-20,22H,2-3,8-9,13,21H2,1H3. The monoisotopic (exact) mass is 482 g/mol. The molecule has 0 radical (unpaired) electrons. The van der Waals surface area contributed by atoms with Crippen molar-refractivity contribution in [2.24, 2.45) is 5.10 Å². The second kappa shape index (κ2) is 10.0. The van der Waals surface area contributed by atoms with Gasteiger partial charge in [-0.15, -0.1) is 0 Å².